The van der Waals surface area contributed by atoms with E-state index >= 15 is 0 Å². The SMILES string of the molecule is C.C.C.C.OCO.[CH2-]OC#N.[CH2-]OC#N.[Y].[Y]. The Morgan fingerprint density at radius 2 is 0.882 bits per heavy atom. The van der Waals surface area contributed by atoms with Gasteiger partial charge >= 0.3 is 0 Å². The zero-order valence-electron chi connectivity index (χ0n) is 6.88. The maximum Gasteiger partial charge on any atom is 0.251 e. The van der Waals surface area contributed by atoms with Crippen molar-refractivity contribution in [3.63, 3.8) is 0 Å². The predicted octanol–water partition coefficient (Wildman–Crippen LogP) is 2.02. The molecule has 6 nitrogen and oxygen atoms in total. The molecule has 0 saturated carbocycles. The van der Waals surface area contributed by atoms with E-state index in [1.54, 1.807) is 0 Å². The second-order valence-corrected chi connectivity index (χ2v) is 0.613. The molecule has 0 rings (SSSR count). The number of aliphatic hydroxyl groups excluding tert-OH is 1. The molecule has 0 aliphatic rings. The van der Waals surface area contributed by atoms with Crippen molar-refractivity contribution in [2.75, 3.05) is 6.79 Å². The van der Waals surface area contributed by atoms with Crippen molar-refractivity contribution < 1.29 is 85.1 Å². The Hall–Kier alpha value is 0.708. The van der Waals surface area contributed by atoms with Gasteiger partial charge in [-0.1, -0.05) is 29.7 Å². The molecule has 0 aliphatic carbocycles. The Kier molecular flexibility index (Phi) is 485. The molecule has 8 heteroatoms. The van der Waals surface area contributed by atoms with Crippen molar-refractivity contribution in [1.82, 2.24) is 0 Å². The van der Waals surface area contributed by atoms with Crippen LogP contribution in [-0.4, -0.2) is 17.0 Å². The third-order valence-electron chi connectivity index (χ3n) is 0.129. The van der Waals surface area contributed by atoms with E-state index in [0.717, 1.165) is 0 Å². The number of nitriles is 2. The largest absolute Gasteiger partial charge is 0.602 e. The molecule has 2 radical (unpaired) electrons. The summed E-state index contributed by atoms with van der Waals surface area (Å²) in [6.07, 6.45) is 2.64. The zero-order valence-corrected chi connectivity index (χ0v) is 12.6. The van der Waals surface area contributed by atoms with E-state index in [2.05, 4.69) is 23.7 Å². The van der Waals surface area contributed by atoms with Crippen LogP contribution in [0.25, 0.3) is 0 Å². The minimum absolute atomic E-state index is 0. The fourth-order valence-corrected chi connectivity index (χ4v) is 0. The molecule has 2 N–H and O–H groups in total. The van der Waals surface area contributed by atoms with Crippen LogP contribution in [0.5, 0.6) is 0 Å². The van der Waals surface area contributed by atoms with Gasteiger partial charge in [0.05, 0.1) is 0 Å². The standard InChI is InChI=1S/2C2H2NO.CH4O2.4CH4.2Y/c2*1-4-2-3;2-1-3;;;;;;/h2*1H2;2-3H,1H2;4*1H4;;/q2*-1;;;;;;;. The number of ether oxygens (including phenoxy) is 2. The van der Waals surface area contributed by atoms with Crippen molar-refractivity contribution >= 4 is 0 Å². The van der Waals surface area contributed by atoms with Gasteiger partial charge in [-0.05, 0) is 0 Å². The molecule has 0 saturated heterocycles. The maximum atomic E-state index is 7.34. The molecule has 0 aromatic heterocycles. The number of aliphatic hydroxyl groups is 2. The molecule has 0 aromatic rings. The monoisotopic (exact) mass is 402 g/mol. The summed E-state index contributed by atoms with van der Waals surface area (Å²) < 4.78 is 7.19. The van der Waals surface area contributed by atoms with Gasteiger partial charge in [0.15, 0.2) is 0 Å². The summed E-state index contributed by atoms with van der Waals surface area (Å²) in [5.74, 6) is 0. The molecule has 17 heavy (non-hydrogen) atoms. The Morgan fingerprint density at radius 1 is 0.824 bits per heavy atom. The van der Waals surface area contributed by atoms with Gasteiger partial charge in [-0.25, -0.2) is 0 Å². The van der Waals surface area contributed by atoms with E-state index in [9.17, 15) is 0 Å². The van der Waals surface area contributed by atoms with Crippen LogP contribution >= 0.6 is 0 Å². The van der Waals surface area contributed by atoms with E-state index in [4.69, 9.17) is 20.7 Å². The molecule has 0 heterocycles. The molecule has 0 aliphatic heterocycles. The number of rotatable bonds is 0. The van der Waals surface area contributed by atoms with E-state index in [0.29, 0.717) is 0 Å². The summed E-state index contributed by atoms with van der Waals surface area (Å²) in [7, 11) is 5.49. The van der Waals surface area contributed by atoms with Crippen LogP contribution in [0, 0.1) is 37.3 Å². The predicted molar refractivity (Wildman–Crippen MR) is 60.3 cm³/mol. The molecular formula is C9H24N2O4Y2-2. The van der Waals surface area contributed by atoms with Gasteiger partial charge in [0, 0.05) is 65.4 Å². The molecule has 102 valence electrons. The summed E-state index contributed by atoms with van der Waals surface area (Å²) in [6, 6.07) is 0. The third-order valence-corrected chi connectivity index (χ3v) is 0.129. The van der Waals surface area contributed by atoms with Crippen LogP contribution in [0.1, 0.15) is 29.7 Å². The second kappa shape index (κ2) is 127. The van der Waals surface area contributed by atoms with Crippen molar-refractivity contribution in [2.45, 2.75) is 29.7 Å². The number of hydrogen-bond donors (Lipinski definition) is 2. The summed E-state index contributed by atoms with van der Waals surface area (Å²) in [6.45, 7) is -0.750. The van der Waals surface area contributed by atoms with Crippen LogP contribution in [0.2, 0.25) is 0 Å². The first-order valence-electron chi connectivity index (χ1n) is 2.07. The van der Waals surface area contributed by atoms with Gasteiger partial charge in [0.25, 0.3) is 12.5 Å². The Bertz CT molecular complexity index is 113. The van der Waals surface area contributed by atoms with Crippen LogP contribution in [0.3, 0.4) is 0 Å². The first-order chi connectivity index (χ1) is 5.24. The Labute approximate surface area is 157 Å². The minimum Gasteiger partial charge on any atom is -0.602 e. The fraction of sp³-hybridized carbons (Fsp3) is 0.556. The molecule has 0 bridgehead atoms. The van der Waals surface area contributed by atoms with Crippen LogP contribution in [0.15, 0.2) is 0 Å². The molecule has 0 amide bonds. The maximum absolute atomic E-state index is 7.34. The first-order valence-corrected chi connectivity index (χ1v) is 2.07. The minimum atomic E-state index is -0.750. The van der Waals surface area contributed by atoms with Gasteiger partial charge in [-0.3, -0.25) is 0 Å². The van der Waals surface area contributed by atoms with Gasteiger partial charge < -0.3 is 19.7 Å². The molecular weight excluding hydrogens is 378 g/mol. The average molecular weight is 402 g/mol. The molecule has 0 unspecified atom stereocenters. The fourth-order valence-electron chi connectivity index (χ4n) is 0. The van der Waals surface area contributed by atoms with Crippen molar-refractivity contribution in [1.29, 1.82) is 10.5 Å². The topological polar surface area (TPSA) is 106 Å². The molecule has 0 spiro atoms. The molecule has 0 aromatic carbocycles. The summed E-state index contributed by atoms with van der Waals surface area (Å²) >= 11 is 0. The molecule has 0 fully saturated rings. The first kappa shape index (κ1) is 65.2. The number of hydrogen-bond acceptors (Lipinski definition) is 6. The van der Waals surface area contributed by atoms with E-state index in [1.165, 1.54) is 12.5 Å². The van der Waals surface area contributed by atoms with Crippen molar-refractivity contribution in [3.05, 3.63) is 14.2 Å². The summed E-state index contributed by atoms with van der Waals surface area (Å²) in [5.41, 5.74) is 0. The van der Waals surface area contributed by atoms with E-state index in [-0.39, 0.29) is 95.1 Å². The average Bonchev–Trinajstić information content (AvgIpc) is 2.06. The van der Waals surface area contributed by atoms with Crippen LogP contribution < -0.4 is 0 Å². The molecule has 0 atom stereocenters. The van der Waals surface area contributed by atoms with Gasteiger partial charge in [0.2, 0.25) is 0 Å². The smallest absolute Gasteiger partial charge is 0.251 e. The zero-order chi connectivity index (χ0) is 9.54. The van der Waals surface area contributed by atoms with E-state index < -0.39 is 6.79 Å². The summed E-state index contributed by atoms with van der Waals surface area (Å²) in [5, 5.41) is 28.9. The van der Waals surface area contributed by atoms with Crippen molar-refractivity contribution in [3.8, 4) is 12.5 Å². The Balaban J connectivity index is -0.00000000691. The van der Waals surface area contributed by atoms with E-state index in [1.807, 2.05) is 0 Å². The van der Waals surface area contributed by atoms with Crippen LogP contribution in [0.4, 0.5) is 0 Å². The van der Waals surface area contributed by atoms with Crippen molar-refractivity contribution in [2.24, 2.45) is 0 Å². The van der Waals surface area contributed by atoms with Gasteiger partial charge in [-0.15, -0.1) is 0 Å². The Morgan fingerprint density at radius 3 is 0.882 bits per heavy atom. The normalized spacial score (nSPS) is 2.94. The van der Waals surface area contributed by atoms with Gasteiger partial charge in [-0.2, -0.15) is 24.7 Å². The number of nitrogens with zero attached hydrogens (tertiary/aromatic N) is 2. The third kappa shape index (κ3) is 493. The van der Waals surface area contributed by atoms with Crippen LogP contribution in [-0.2, 0) is 74.9 Å². The second-order valence-electron chi connectivity index (χ2n) is 0.613. The quantitative estimate of drug-likeness (QED) is 0.365. The summed E-state index contributed by atoms with van der Waals surface area (Å²) in [4.78, 5) is 0. The van der Waals surface area contributed by atoms with Gasteiger partial charge in [0.1, 0.15) is 6.79 Å².